The number of para-hydroxylation sites is 1. The first-order chi connectivity index (χ1) is 15.0. The molecule has 0 aliphatic carbocycles. The molecule has 0 spiro atoms. The van der Waals surface area contributed by atoms with Gasteiger partial charge in [-0.25, -0.2) is 0 Å². The minimum absolute atomic E-state index is 0.116. The van der Waals surface area contributed by atoms with E-state index in [1.54, 1.807) is 31.3 Å². The number of nitrogens with zero attached hydrogens (tertiary/aromatic N) is 2. The van der Waals surface area contributed by atoms with Gasteiger partial charge in [0.05, 0.1) is 12.8 Å². The van der Waals surface area contributed by atoms with Crippen LogP contribution in [-0.4, -0.2) is 47.2 Å². The molecule has 2 aromatic carbocycles. The number of furan rings is 1. The number of carbonyl (C=O) groups excluding carboxylic acids is 3. The van der Waals surface area contributed by atoms with Crippen molar-refractivity contribution in [1.29, 1.82) is 0 Å². The third-order valence-corrected chi connectivity index (χ3v) is 5.34. The monoisotopic (exact) mass is 417 g/mol. The summed E-state index contributed by atoms with van der Waals surface area (Å²) in [5, 5.41) is 2.77. The number of fused-ring (bicyclic) bond motifs is 1. The summed E-state index contributed by atoms with van der Waals surface area (Å²) >= 11 is 0. The molecule has 3 aromatic rings. The highest BCUT2D eigenvalue weighted by molar-refractivity contribution is 5.98. The topological polar surface area (TPSA) is 82.9 Å². The van der Waals surface area contributed by atoms with E-state index in [0.717, 1.165) is 11.1 Å². The normalized spacial score (nSPS) is 15.1. The van der Waals surface area contributed by atoms with Gasteiger partial charge in [0.2, 0.25) is 11.8 Å². The molecule has 7 heteroatoms. The molecule has 0 saturated heterocycles. The van der Waals surface area contributed by atoms with Gasteiger partial charge in [0.25, 0.3) is 5.91 Å². The van der Waals surface area contributed by atoms with Gasteiger partial charge in [0.1, 0.15) is 6.04 Å². The number of nitrogens with one attached hydrogen (secondary N) is 1. The summed E-state index contributed by atoms with van der Waals surface area (Å²) < 4.78 is 5.28. The third-order valence-electron chi connectivity index (χ3n) is 5.34. The van der Waals surface area contributed by atoms with E-state index >= 15 is 0 Å². The van der Waals surface area contributed by atoms with Crippen LogP contribution in [0.5, 0.6) is 0 Å². The minimum Gasteiger partial charge on any atom is -0.459 e. The highest BCUT2D eigenvalue weighted by Gasteiger charge is 2.37. The molecule has 0 bridgehead atoms. The van der Waals surface area contributed by atoms with E-state index in [2.05, 4.69) is 5.32 Å². The van der Waals surface area contributed by atoms with E-state index in [1.807, 2.05) is 42.5 Å². The number of rotatable bonds is 5. The van der Waals surface area contributed by atoms with E-state index < -0.39 is 6.04 Å². The van der Waals surface area contributed by atoms with Crippen LogP contribution in [0, 0.1) is 0 Å². The number of amides is 3. The summed E-state index contributed by atoms with van der Waals surface area (Å²) in [5.41, 5.74) is 2.68. The van der Waals surface area contributed by atoms with Crippen LogP contribution in [0.1, 0.15) is 21.7 Å². The zero-order chi connectivity index (χ0) is 21.8. The fourth-order valence-electron chi connectivity index (χ4n) is 3.77. The Hall–Kier alpha value is -3.87. The predicted molar refractivity (Wildman–Crippen MR) is 115 cm³/mol. The van der Waals surface area contributed by atoms with Gasteiger partial charge in [-0.1, -0.05) is 42.5 Å². The third kappa shape index (κ3) is 4.50. The molecule has 1 aromatic heterocycles. The maximum absolute atomic E-state index is 13.3. The standard InChI is InChI=1S/C24H23N3O4/c1-26(16-22(28)25-19-10-3-2-4-11-19)23(29)20-14-17-8-5-6-9-18(17)15-27(20)24(30)21-12-7-13-31-21/h2-13,20H,14-16H2,1H3,(H,25,28). The first-order valence-corrected chi connectivity index (χ1v) is 10.0. The zero-order valence-corrected chi connectivity index (χ0v) is 17.2. The molecule has 1 atom stereocenters. The summed E-state index contributed by atoms with van der Waals surface area (Å²) in [6.45, 7) is 0.185. The van der Waals surface area contributed by atoms with Crippen molar-refractivity contribution >= 4 is 23.4 Å². The molecule has 3 amide bonds. The van der Waals surface area contributed by atoms with E-state index in [4.69, 9.17) is 4.42 Å². The van der Waals surface area contributed by atoms with Crippen LogP contribution >= 0.6 is 0 Å². The Morgan fingerprint density at radius 1 is 1.00 bits per heavy atom. The van der Waals surface area contributed by atoms with Crippen molar-refractivity contribution in [2.75, 3.05) is 18.9 Å². The van der Waals surface area contributed by atoms with E-state index in [1.165, 1.54) is 16.1 Å². The maximum Gasteiger partial charge on any atom is 0.290 e. The largest absolute Gasteiger partial charge is 0.459 e. The Kier molecular flexibility index (Phi) is 5.84. The Balaban J connectivity index is 1.52. The highest BCUT2D eigenvalue weighted by atomic mass is 16.3. The van der Waals surface area contributed by atoms with Crippen LogP contribution in [0.2, 0.25) is 0 Å². The van der Waals surface area contributed by atoms with Gasteiger partial charge in [0.15, 0.2) is 5.76 Å². The second-order valence-electron chi connectivity index (χ2n) is 7.51. The van der Waals surface area contributed by atoms with Crippen molar-refractivity contribution in [2.24, 2.45) is 0 Å². The SMILES string of the molecule is CN(CC(=O)Nc1ccccc1)C(=O)C1Cc2ccccc2CN1C(=O)c1ccco1. The molecule has 7 nitrogen and oxygen atoms in total. The van der Waals surface area contributed by atoms with Crippen LogP contribution in [0.15, 0.2) is 77.4 Å². The predicted octanol–water partition coefficient (Wildman–Crippen LogP) is 2.94. The molecule has 0 fully saturated rings. The molecule has 1 unspecified atom stereocenters. The van der Waals surface area contributed by atoms with Gasteiger partial charge < -0.3 is 19.5 Å². The number of likely N-dealkylation sites (N-methyl/N-ethyl adjacent to an activating group) is 1. The molecule has 1 aliphatic heterocycles. The lowest BCUT2D eigenvalue weighted by Crippen LogP contribution is -2.53. The van der Waals surface area contributed by atoms with Crippen molar-refractivity contribution in [2.45, 2.75) is 19.0 Å². The smallest absolute Gasteiger partial charge is 0.290 e. The van der Waals surface area contributed by atoms with Gasteiger partial charge in [-0.15, -0.1) is 0 Å². The van der Waals surface area contributed by atoms with Crippen LogP contribution in [0.25, 0.3) is 0 Å². The van der Waals surface area contributed by atoms with Crippen LogP contribution in [-0.2, 0) is 22.6 Å². The molecular formula is C24H23N3O4. The van der Waals surface area contributed by atoms with E-state index in [0.29, 0.717) is 18.7 Å². The zero-order valence-electron chi connectivity index (χ0n) is 17.2. The highest BCUT2D eigenvalue weighted by Crippen LogP contribution is 2.26. The lowest BCUT2D eigenvalue weighted by atomic mass is 9.93. The summed E-state index contributed by atoms with van der Waals surface area (Å²) in [6.07, 6.45) is 1.81. The maximum atomic E-state index is 13.3. The molecule has 158 valence electrons. The number of carbonyl (C=O) groups is 3. The van der Waals surface area contributed by atoms with Gasteiger partial charge in [-0.3, -0.25) is 14.4 Å². The molecule has 1 N–H and O–H groups in total. The molecular weight excluding hydrogens is 394 g/mol. The second-order valence-corrected chi connectivity index (χ2v) is 7.51. The second kappa shape index (κ2) is 8.87. The van der Waals surface area contributed by atoms with Gasteiger partial charge in [-0.05, 0) is 35.4 Å². The number of hydrogen-bond acceptors (Lipinski definition) is 4. The summed E-state index contributed by atoms with van der Waals surface area (Å²) in [5.74, 6) is -0.763. The molecule has 0 radical (unpaired) electrons. The van der Waals surface area contributed by atoms with Crippen molar-refractivity contribution < 1.29 is 18.8 Å². The molecule has 1 aliphatic rings. The first kappa shape index (κ1) is 20.4. The van der Waals surface area contributed by atoms with Crippen molar-refractivity contribution in [1.82, 2.24) is 9.80 Å². The first-order valence-electron chi connectivity index (χ1n) is 10.0. The van der Waals surface area contributed by atoms with Crippen LogP contribution < -0.4 is 5.32 Å². The Morgan fingerprint density at radius 3 is 2.42 bits per heavy atom. The summed E-state index contributed by atoms with van der Waals surface area (Å²) in [7, 11) is 1.57. The number of benzene rings is 2. The average molecular weight is 417 g/mol. The Morgan fingerprint density at radius 2 is 1.71 bits per heavy atom. The average Bonchev–Trinajstić information content (AvgIpc) is 3.32. The molecule has 4 rings (SSSR count). The van der Waals surface area contributed by atoms with Gasteiger partial charge in [0, 0.05) is 25.7 Å². The van der Waals surface area contributed by atoms with E-state index in [9.17, 15) is 14.4 Å². The summed E-state index contributed by atoms with van der Waals surface area (Å²) in [6, 6.07) is 19.3. The molecule has 0 saturated carbocycles. The fourth-order valence-corrected chi connectivity index (χ4v) is 3.77. The minimum atomic E-state index is -0.720. The molecule has 2 heterocycles. The van der Waals surface area contributed by atoms with Crippen molar-refractivity contribution in [3.05, 3.63) is 89.9 Å². The Labute approximate surface area is 180 Å². The lowest BCUT2D eigenvalue weighted by molar-refractivity contribution is -0.137. The quantitative estimate of drug-likeness (QED) is 0.692. The van der Waals surface area contributed by atoms with Gasteiger partial charge >= 0.3 is 0 Å². The molecule has 31 heavy (non-hydrogen) atoms. The van der Waals surface area contributed by atoms with Gasteiger partial charge in [-0.2, -0.15) is 0 Å². The van der Waals surface area contributed by atoms with Crippen LogP contribution in [0.3, 0.4) is 0 Å². The van der Waals surface area contributed by atoms with E-state index in [-0.39, 0.29) is 30.0 Å². The van der Waals surface area contributed by atoms with Crippen LogP contribution in [0.4, 0.5) is 5.69 Å². The van der Waals surface area contributed by atoms with Crippen molar-refractivity contribution in [3.8, 4) is 0 Å². The summed E-state index contributed by atoms with van der Waals surface area (Å²) in [4.78, 5) is 41.6. The Bertz CT molecular complexity index is 1080. The lowest BCUT2D eigenvalue weighted by Gasteiger charge is -2.37. The fraction of sp³-hybridized carbons (Fsp3) is 0.208. The number of anilines is 1. The van der Waals surface area contributed by atoms with Crippen molar-refractivity contribution in [3.63, 3.8) is 0 Å². The number of hydrogen-bond donors (Lipinski definition) is 1.